The Balaban J connectivity index is 1.38. The Morgan fingerprint density at radius 3 is 2.29 bits per heavy atom. The zero-order valence-corrected chi connectivity index (χ0v) is 20.3. The van der Waals surface area contributed by atoms with Crippen molar-refractivity contribution in [2.24, 2.45) is 11.1 Å². The predicted octanol–water partition coefficient (Wildman–Crippen LogP) is 4.71. The van der Waals surface area contributed by atoms with Crippen LogP contribution in [0.3, 0.4) is 0 Å². The van der Waals surface area contributed by atoms with Crippen molar-refractivity contribution in [2.75, 3.05) is 23.3 Å². The Labute approximate surface area is 217 Å². The Bertz CT molecular complexity index is 1390. The van der Waals surface area contributed by atoms with Gasteiger partial charge in [0, 0.05) is 37.1 Å². The number of pyridine rings is 1. The summed E-state index contributed by atoms with van der Waals surface area (Å²) in [6.45, 7) is 1.36. The van der Waals surface area contributed by atoms with Crippen molar-refractivity contribution in [1.29, 1.82) is 0 Å². The number of hydrogen-bond acceptors (Lipinski definition) is 5. The maximum absolute atomic E-state index is 15.2. The van der Waals surface area contributed by atoms with E-state index in [1.165, 1.54) is 42.6 Å². The molecule has 4 amide bonds. The second-order valence-corrected chi connectivity index (χ2v) is 9.28. The number of urea groups is 1. The topological polar surface area (TPSA) is 118 Å². The fourth-order valence-corrected chi connectivity index (χ4v) is 4.37. The number of carbonyl (C=O) groups excluding carboxylic acids is 3. The highest BCUT2D eigenvalue weighted by Crippen LogP contribution is 2.49. The molecular weight excluding hydrogens is 496 g/mol. The van der Waals surface area contributed by atoms with Crippen LogP contribution in [0, 0.1) is 17.0 Å². The monoisotopic (exact) mass is 521 g/mol. The molecule has 2 heterocycles. The van der Waals surface area contributed by atoms with Gasteiger partial charge in [0.25, 0.3) is 0 Å². The zero-order chi connectivity index (χ0) is 26.9. The number of nitrogens with two attached hydrogens (primary N) is 1. The maximum atomic E-state index is 15.2. The predicted molar refractivity (Wildman–Crippen MR) is 135 cm³/mol. The molecule has 1 aliphatic heterocycles. The largest absolute Gasteiger partial charge is 0.454 e. The smallest absolute Gasteiger partial charge is 0.323 e. The first kappa shape index (κ1) is 25.1. The Hall–Kier alpha value is -4.54. The van der Waals surface area contributed by atoms with Crippen LogP contribution in [-0.2, 0) is 9.59 Å². The van der Waals surface area contributed by atoms with Crippen LogP contribution in [0.2, 0.25) is 0 Å². The number of benzene rings is 2. The van der Waals surface area contributed by atoms with Gasteiger partial charge in [-0.2, -0.15) is 0 Å². The van der Waals surface area contributed by atoms with Gasteiger partial charge in [-0.25, -0.2) is 18.6 Å². The van der Waals surface area contributed by atoms with E-state index in [1.54, 1.807) is 4.90 Å². The number of nitrogens with zero attached hydrogens (tertiary/aromatic N) is 3. The lowest BCUT2D eigenvalue weighted by Crippen LogP contribution is -2.41. The number of carbonyl (C=O) groups is 3. The first-order valence-electron chi connectivity index (χ1n) is 12.2. The number of aromatic nitrogens is 1. The molecule has 2 fully saturated rings. The molecule has 0 atom stereocenters. The molecule has 0 radical (unpaired) electrons. The van der Waals surface area contributed by atoms with Crippen LogP contribution in [0.4, 0.5) is 30.8 Å². The van der Waals surface area contributed by atoms with Crippen LogP contribution in [0.5, 0.6) is 11.5 Å². The lowest BCUT2D eigenvalue weighted by molar-refractivity contribution is -0.133. The van der Waals surface area contributed by atoms with Gasteiger partial charge >= 0.3 is 6.03 Å². The van der Waals surface area contributed by atoms with Gasteiger partial charge in [-0.3, -0.25) is 19.8 Å². The van der Waals surface area contributed by atoms with Crippen molar-refractivity contribution in [3.8, 4) is 11.5 Å². The number of likely N-dealkylation sites (tertiary alicyclic amines) is 1. The van der Waals surface area contributed by atoms with E-state index in [1.807, 2.05) is 0 Å². The van der Waals surface area contributed by atoms with Crippen LogP contribution >= 0.6 is 0 Å². The molecule has 1 saturated carbocycles. The number of anilines is 3. The van der Waals surface area contributed by atoms with Crippen molar-refractivity contribution in [3.05, 3.63) is 72.4 Å². The number of primary amides is 1. The van der Waals surface area contributed by atoms with Gasteiger partial charge in [0.1, 0.15) is 22.8 Å². The molecule has 2 aliphatic rings. The Morgan fingerprint density at radius 1 is 0.974 bits per heavy atom. The molecule has 0 bridgehead atoms. The molecule has 1 saturated heterocycles. The van der Waals surface area contributed by atoms with Gasteiger partial charge in [-0.05, 0) is 68.1 Å². The summed E-state index contributed by atoms with van der Waals surface area (Å²) >= 11 is 0. The molecule has 5 rings (SSSR count). The number of nitrogens with one attached hydrogen (secondary N) is 1. The SMILES string of the molecule is NC(=O)C1(C(=O)N(c2ccc(F)cc2)c2ccc(Oc3ccnc(NC(=O)N4CCCC4)c3)c(F)c2)CC1. The average Bonchev–Trinajstić information content (AvgIpc) is 3.53. The minimum absolute atomic E-state index is 0.118. The summed E-state index contributed by atoms with van der Waals surface area (Å²) in [6.07, 6.45) is 3.89. The van der Waals surface area contributed by atoms with Crippen LogP contribution < -0.4 is 20.7 Å². The van der Waals surface area contributed by atoms with E-state index in [9.17, 15) is 18.8 Å². The molecule has 0 unspecified atom stereocenters. The van der Waals surface area contributed by atoms with E-state index in [0.29, 0.717) is 13.1 Å². The summed E-state index contributed by atoms with van der Waals surface area (Å²) in [5, 5.41) is 2.71. The second-order valence-electron chi connectivity index (χ2n) is 9.28. The third-order valence-electron chi connectivity index (χ3n) is 6.68. The summed E-state index contributed by atoms with van der Waals surface area (Å²) in [5.74, 6) is -2.32. The summed E-state index contributed by atoms with van der Waals surface area (Å²) in [5.41, 5.74) is 4.48. The summed E-state index contributed by atoms with van der Waals surface area (Å²) in [6, 6.07) is 11.6. The number of ether oxygens (including phenoxy) is 1. The fourth-order valence-electron chi connectivity index (χ4n) is 4.37. The zero-order valence-electron chi connectivity index (χ0n) is 20.3. The van der Waals surface area contributed by atoms with Gasteiger partial charge in [-0.1, -0.05) is 0 Å². The third kappa shape index (κ3) is 4.99. The van der Waals surface area contributed by atoms with Gasteiger partial charge in [0.2, 0.25) is 11.8 Å². The minimum atomic E-state index is -1.38. The molecule has 1 aromatic heterocycles. The van der Waals surface area contributed by atoms with Crippen molar-refractivity contribution >= 4 is 35.0 Å². The van der Waals surface area contributed by atoms with Crippen molar-refractivity contribution in [1.82, 2.24) is 9.88 Å². The molecular formula is C27H25F2N5O4. The van der Waals surface area contributed by atoms with E-state index in [4.69, 9.17) is 10.5 Å². The highest BCUT2D eigenvalue weighted by molar-refractivity contribution is 6.16. The van der Waals surface area contributed by atoms with Crippen molar-refractivity contribution in [2.45, 2.75) is 25.7 Å². The minimum Gasteiger partial charge on any atom is -0.454 e. The number of rotatable bonds is 7. The van der Waals surface area contributed by atoms with Gasteiger partial charge in [-0.15, -0.1) is 0 Å². The molecule has 11 heteroatoms. The quantitative estimate of drug-likeness (QED) is 0.437. The molecule has 3 aromatic rings. The highest BCUT2D eigenvalue weighted by atomic mass is 19.1. The van der Waals surface area contributed by atoms with Crippen LogP contribution in [0.25, 0.3) is 0 Å². The van der Waals surface area contributed by atoms with Crippen molar-refractivity contribution < 1.29 is 27.9 Å². The molecule has 0 spiro atoms. The third-order valence-corrected chi connectivity index (χ3v) is 6.68. The standard InChI is InChI=1S/C27H25F2N5O4/c28-17-3-5-18(6-4-17)34(25(36)27(10-11-27)24(30)35)19-7-8-22(21(29)15-19)38-20-9-12-31-23(16-20)32-26(37)33-13-1-2-14-33/h3-9,12,15-16H,1-2,10-11,13-14H2,(H2,30,35)(H,31,32,37). The van der Waals surface area contributed by atoms with Gasteiger partial charge < -0.3 is 15.4 Å². The van der Waals surface area contributed by atoms with Crippen LogP contribution in [0.1, 0.15) is 25.7 Å². The van der Waals surface area contributed by atoms with E-state index >= 15 is 4.39 Å². The first-order valence-corrected chi connectivity index (χ1v) is 12.2. The maximum Gasteiger partial charge on any atom is 0.323 e. The van der Waals surface area contributed by atoms with Crippen LogP contribution in [0.15, 0.2) is 60.8 Å². The molecule has 3 N–H and O–H groups in total. The number of halogens is 2. The van der Waals surface area contributed by atoms with Crippen LogP contribution in [-0.4, -0.2) is 40.8 Å². The van der Waals surface area contributed by atoms with E-state index in [0.717, 1.165) is 35.9 Å². The van der Waals surface area contributed by atoms with E-state index in [2.05, 4.69) is 10.3 Å². The highest BCUT2D eigenvalue weighted by Gasteiger charge is 2.57. The molecule has 1 aliphatic carbocycles. The van der Waals surface area contributed by atoms with Gasteiger partial charge in [0.05, 0.1) is 5.69 Å². The average molecular weight is 522 g/mol. The first-order chi connectivity index (χ1) is 18.3. The summed E-state index contributed by atoms with van der Waals surface area (Å²) < 4.78 is 34.4. The lowest BCUT2D eigenvalue weighted by atomic mass is 10.0. The van der Waals surface area contributed by atoms with E-state index < -0.39 is 28.9 Å². The Kier molecular flexibility index (Phi) is 6.66. The second kappa shape index (κ2) is 10.1. The molecule has 38 heavy (non-hydrogen) atoms. The number of hydrogen-bond donors (Lipinski definition) is 2. The Morgan fingerprint density at radius 2 is 1.66 bits per heavy atom. The molecule has 9 nitrogen and oxygen atoms in total. The normalized spacial score (nSPS) is 15.6. The number of amides is 4. The van der Waals surface area contributed by atoms with Gasteiger partial charge in [0.15, 0.2) is 11.6 Å². The van der Waals surface area contributed by atoms with E-state index in [-0.39, 0.29) is 47.6 Å². The fraction of sp³-hybridized carbons (Fsp3) is 0.259. The van der Waals surface area contributed by atoms with Crippen molar-refractivity contribution in [3.63, 3.8) is 0 Å². The summed E-state index contributed by atoms with van der Waals surface area (Å²) in [4.78, 5) is 44.7. The molecule has 2 aromatic carbocycles. The lowest BCUT2D eigenvalue weighted by Gasteiger charge is -2.26. The summed E-state index contributed by atoms with van der Waals surface area (Å²) in [7, 11) is 0. The molecule has 196 valence electrons.